The lowest BCUT2D eigenvalue weighted by molar-refractivity contribution is -0.152. The van der Waals surface area contributed by atoms with Crippen LogP contribution in [0.4, 0.5) is 13.2 Å². The minimum atomic E-state index is -4.22. The monoisotopic (exact) mass is 224 g/mol. The van der Waals surface area contributed by atoms with E-state index < -0.39 is 17.9 Å². The zero-order chi connectivity index (χ0) is 11.1. The Morgan fingerprint density at radius 1 is 1.27 bits per heavy atom. The maximum atomic E-state index is 12.4. The lowest BCUT2D eigenvalue weighted by atomic mass is 9.88. The van der Waals surface area contributed by atoms with Crippen molar-refractivity contribution in [2.75, 3.05) is 6.61 Å². The molecule has 2 aliphatic rings. The van der Waals surface area contributed by atoms with Crippen LogP contribution in [0, 0.1) is 0 Å². The van der Waals surface area contributed by atoms with E-state index in [-0.39, 0.29) is 12.6 Å². The Kier molecular flexibility index (Phi) is 2.68. The van der Waals surface area contributed by atoms with E-state index in [9.17, 15) is 13.2 Å². The number of nitrogens with one attached hydrogen (secondary N) is 1. The normalized spacial score (nSPS) is 42.4. The Balaban J connectivity index is 1.97. The van der Waals surface area contributed by atoms with E-state index in [4.69, 9.17) is 10.5 Å². The maximum absolute atomic E-state index is 12.4. The van der Waals surface area contributed by atoms with Gasteiger partial charge in [0.25, 0.3) is 0 Å². The van der Waals surface area contributed by atoms with Crippen molar-refractivity contribution in [2.24, 2.45) is 5.73 Å². The quantitative estimate of drug-likeness (QED) is 0.648. The molecule has 0 amide bonds. The van der Waals surface area contributed by atoms with Gasteiger partial charge in [-0.25, -0.2) is 0 Å². The van der Waals surface area contributed by atoms with Crippen molar-refractivity contribution in [2.45, 2.75) is 49.7 Å². The number of halogens is 3. The Bertz CT molecular complexity index is 236. The summed E-state index contributed by atoms with van der Waals surface area (Å²) in [6.45, 7) is -0.279. The first-order chi connectivity index (χ1) is 6.91. The third kappa shape index (κ3) is 2.26. The number of alkyl halides is 3. The Morgan fingerprint density at radius 3 is 2.33 bits per heavy atom. The summed E-state index contributed by atoms with van der Waals surface area (Å²) >= 11 is 0. The highest BCUT2D eigenvalue weighted by molar-refractivity contribution is 4.95. The molecule has 2 rings (SSSR count). The van der Waals surface area contributed by atoms with Crippen molar-refractivity contribution in [1.82, 2.24) is 5.32 Å². The van der Waals surface area contributed by atoms with Gasteiger partial charge in [-0.2, -0.15) is 13.2 Å². The number of ether oxygens (including phenoxy) is 1. The second kappa shape index (κ2) is 3.61. The molecule has 3 nitrogen and oxygen atoms in total. The van der Waals surface area contributed by atoms with Crippen molar-refractivity contribution in [3.05, 3.63) is 0 Å². The first-order valence-corrected chi connectivity index (χ1v) is 5.15. The van der Waals surface area contributed by atoms with E-state index in [0.717, 1.165) is 12.8 Å². The molecule has 1 saturated heterocycles. The lowest BCUT2D eigenvalue weighted by Crippen LogP contribution is -2.52. The summed E-state index contributed by atoms with van der Waals surface area (Å²) in [5.74, 6) is 0. The Morgan fingerprint density at radius 2 is 1.87 bits per heavy atom. The summed E-state index contributed by atoms with van der Waals surface area (Å²) < 4.78 is 42.5. The second-order valence-electron chi connectivity index (χ2n) is 4.38. The molecule has 2 fully saturated rings. The summed E-state index contributed by atoms with van der Waals surface area (Å²) in [4.78, 5) is 0. The van der Waals surface area contributed by atoms with Gasteiger partial charge >= 0.3 is 6.18 Å². The average molecular weight is 224 g/mol. The summed E-state index contributed by atoms with van der Waals surface area (Å²) in [7, 11) is 0. The second-order valence-corrected chi connectivity index (χ2v) is 4.38. The summed E-state index contributed by atoms with van der Waals surface area (Å²) in [5, 5.41) is 2.56. The highest BCUT2D eigenvalue weighted by Gasteiger charge is 2.51. The molecule has 1 atom stereocenters. The zero-order valence-corrected chi connectivity index (χ0v) is 8.31. The van der Waals surface area contributed by atoms with E-state index in [1.54, 1.807) is 0 Å². The van der Waals surface area contributed by atoms with Gasteiger partial charge in [-0.05, 0) is 25.7 Å². The van der Waals surface area contributed by atoms with Crippen LogP contribution in [-0.4, -0.2) is 30.6 Å². The van der Waals surface area contributed by atoms with Crippen molar-refractivity contribution >= 4 is 0 Å². The summed E-state index contributed by atoms with van der Waals surface area (Å²) in [5.41, 5.74) is 4.93. The molecule has 1 heterocycles. The molecule has 0 aromatic rings. The van der Waals surface area contributed by atoms with Gasteiger partial charge < -0.3 is 10.5 Å². The van der Waals surface area contributed by atoms with Crippen LogP contribution >= 0.6 is 0 Å². The number of nitrogens with two attached hydrogens (primary N) is 1. The van der Waals surface area contributed by atoms with Gasteiger partial charge in [-0.1, -0.05) is 0 Å². The standard InChI is InChI=1S/C9H15F3N2O/c10-9(11,12)7-5-15-8(14-7)3-1-6(13)2-4-8/h6-7,14H,1-5,13H2/t6?,7-,8?/m1/s1. The molecule has 0 radical (unpaired) electrons. The minimum absolute atomic E-state index is 0.103. The zero-order valence-electron chi connectivity index (χ0n) is 8.31. The Hall–Kier alpha value is -0.330. The number of rotatable bonds is 0. The molecule has 0 unspecified atom stereocenters. The first-order valence-electron chi connectivity index (χ1n) is 5.15. The molecular weight excluding hydrogens is 209 g/mol. The highest BCUT2D eigenvalue weighted by atomic mass is 19.4. The van der Waals surface area contributed by atoms with E-state index in [0.29, 0.717) is 12.8 Å². The topological polar surface area (TPSA) is 47.3 Å². The molecule has 88 valence electrons. The predicted molar refractivity (Wildman–Crippen MR) is 48.1 cm³/mol. The van der Waals surface area contributed by atoms with Gasteiger partial charge in [0, 0.05) is 6.04 Å². The summed E-state index contributed by atoms with van der Waals surface area (Å²) in [6, 6.07) is -1.42. The molecule has 0 bridgehead atoms. The fourth-order valence-corrected chi connectivity index (χ4v) is 2.22. The van der Waals surface area contributed by atoms with Crippen LogP contribution in [0.2, 0.25) is 0 Å². The fraction of sp³-hybridized carbons (Fsp3) is 1.00. The van der Waals surface area contributed by atoms with Gasteiger partial charge in [-0.3, -0.25) is 5.32 Å². The SMILES string of the molecule is NC1CCC2(CC1)N[C@@H](C(F)(F)F)CO2. The fourth-order valence-electron chi connectivity index (χ4n) is 2.22. The van der Waals surface area contributed by atoms with Crippen LogP contribution in [0.3, 0.4) is 0 Å². The van der Waals surface area contributed by atoms with Gasteiger partial charge in [0.1, 0.15) is 11.8 Å². The lowest BCUT2D eigenvalue weighted by Gasteiger charge is -2.35. The van der Waals surface area contributed by atoms with Crippen molar-refractivity contribution < 1.29 is 17.9 Å². The molecule has 6 heteroatoms. The minimum Gasteiger partial charge on any atom is -0.359 e. The van der Waals surface area contributed by atoms with Gasteiger partial charge in [0.15, 0.2) is 0 Å². The number of hydrogen-bond donors (Lipinski definition) is 2. The van der Waals surface area contributed by atoms with E-state index in [1.165, 1.54) is 0 Å². The van der Waals surface area contributed by atoms with Gasteiger partial charge in [-0.15, -0.1) is 0 Å². The average Bonchev–Trinajstić information content (AvgIpc) is 2.55. The van der Waals surface area contributed by atoms with Crippen LogP contribution < -0.4 is 11.1 Å². The van der Waals surface area contributed by atoms with Crippen molar-refractivity contribution in [3.8, 4) is 0 Å². The molecular formula is C9H15F3N2O. The molecule has 15 heavy (non-hydrogen) atoms. The third-order valence-electron chi connectivity index (χ3n) is 3.20. The Labute approximate surface area is 86.1 Å². The molecule has 1 aliphatic heterocycles. The smallest absolute Gasteiger partial charge is 0.359 e. The van der Waals surface area contributed by atoms with Crippen LogP contribution in [-0.2, 0) is 4.74 Å². The van der Waals surface area contributed by atoms with Gasteiger partial charge in [0.05, 0.1) is 6.61 Å². The molecule has 0 aromatic heterocycles. The van der Waals surface area contributed by atoms with Crippen LogP contribution in [0.1, 0.15) is 25.7 Å². The van der Waals surface area contributed by atoms with E-state index in [2.05, 4.69) is 5.32 Å². The van der Waals surface area contributed by atoms with Crippen LogP contribution in [0.15, 0.2) is 0 Å². The largest absolute Gasteiger partial charge is 0.406 e. The highest BCUT2D eigenvalue weighted by Crippen LogP contribution is 2.36. The van der Waals surface area contributed by atoms with Crippen molar-refractivity contribution in [3.63, 3.8) is 0 Å². The van der Waals surface area contributed by atoms with Crippen molar-refractivity contribution in [1.29, 1.82) is 0 Å². The van der Waals surface area contributed by atoms with Crippen LogP contribution in [0.5, 0.6) is 0 Å². The molecule has 1 aliphatic carbocycles. The summed E-state index contributed by atoms with van der Waals surface area (Å²) in [6.07, 6.45) is -1.64. The van der Waals surface area contributed by atoms with Crippen LogP contribution in [0.25, 0.3) is 0 Å². The first kappa shape index (κ1) is 11.2. The molecule has 3 N–H and O–H groups in total. The molecule has 0 aromatic carbocycles. The van der Waals surface area contributed by atoms with E-state index >= 15 is 0 Å². The molecule has 1 saturated carbocycles. The van der Waals surface area contributed by atoms with E-state index in [1.807, 2.05) is 0 Å². The number of hydrogen-bond acceptors (Lipinski definition) is 3. The van der Waals surface area contributed by atoms with Gasteiger partial charge in [0.2, 0.25) is 0 Å². The maximum Gasteiger partial charge on any atom is 0.406 e. The third-order valence-corrected chi connectivity index (χ3v) is 3.20. The predicted octanol–water partition coefficient (Wildman–Crippen LogP) is 1.13. The molecule has 1 spiro atoms.